The molecule has 2 fully saturated rings. The van der Waals surface area contributed by atoms with Gasteiger partial charge in [-0.05, 0) is 43.6 Å². The van der Waals surface area contributed by atoms with Gasteiger partial charge in [0.25, 0.3) is 0 Å². The van der Waals surface area contributed by atoms with E-state index in [2.05, 4.69) is 39.7 Å². The second kappa shape index (κ2) is 10.9. The Morgan fingerprint density at radius 2 is 1.79 bits per heavy atom. The summed E-state index contributed by atoms with van der Waals surface area (Å²) in [5.41, 5.74) is 0.828. The predicted octanol–water partition coefficient (Wildman–Crippen LogP) is 4.17. The predicted molar refractivity (Wildman–Crippen MR) is 125 cm³/mol. The number of nitrogens with zero attached hydrogens (tertiary/aromatic N) is 3. The second-order valence-corrected chi connectivity index (χ2v) is 9.70. The van der Waals surface area contributed by atoms with Gasteiger partial charge in [-0.15, -0.1) is 0 Å². The van der Waals surface area contributed by atoms with E-state index >= 15 is 0 Å². The van der Waals surface area contributed by atoms with Crippen LogP contribution < -0.4 is 5.32 Å². The molecular formula is C26H36N4O3. The molecule has 178 valence electrons. The van der Waals surface area contributed by atoms with Crippen LogP contribution >= 0.6 is 0 Å². The first-order valence-corrected chi connectivity index (χ1v) is 12.5. The van der Waals surface area contributed by atoms with E-state index < -0.39 is 5.54 Å². The smallest absolute Gasteiger partial charge is 0.227 e. The zero-order chi connectivity index (χ0) is 23.1. The summed E-state index contributed by atoms with van der Waals surface area (Å²) in [7, 11) is 0. The summed E-state index contributed by atoms with van der Waals surface area (Å²) in [6.07, 6.45) is 10.0. The fourth-order valence-electron chi connectivity index (χ4n) is 5.33. The van der Waals surface area contributed by atoms with Gasteiger partial charge in [0, 0.05) is 32.9 Å². The number of carbonyl (C=O) groups is 2. The topological polar surface area (TPSA) is 88.3 Å². The zero-order valence-corrected chi connectivity index (χ0v) is 19.7. The third-order valence-corrected chi connectivity index (χ3v) is 7.16. The van der Waals surface area contributed by atoms with Crippen LogP contribution in [-0.2, 0) is 28.0 Å². The number of carbonyl (C=O) groups excluding carboxylic acids is 2. The van der Waals surface area contributed by atoms with Crippen LogP contribution in [0.25, 0.3) is 0 Å². The van der Waals surface area contributed by atoms with Crippen LogP contribution in [0.2, 0.25) is 0 Å². The lowest BCUT2D eigenvalue weighted by Gasteiger charge is -2.32. The number of benzene rings is 1. The van der Waals surface area contributed by atoms with Crippen molar-refractivity contribution in [1.29, 1.82) is 0 Å². The molecule has 1 aromatic carbocycles. The van der Waals surface area contributed by atoms with Crippen LogP contribution in [-0.4, -0.2) is 39.9 Å². The molecule has 1 N–H and O–H groups in total. The quantitative estimate of drug-likeness (QED) is 0.637. The number of hydrogen-bond donors (Lipinski definition) is 1. The third-order valence-electron chi connectivity index (χ3n) is 7.16. The van der Waals surface area contributed by atoms with Gasteiger partial charge in [-0.3, -0.25) is 9.59 Å². The number of rotatable bonds is 7. The van der Waals surface area contributed by atoms with Gasteiger partial charge in [-0.25, -0.2) is 0 Å². The molecule has 1 aliphatic carbocycles. The highest BCUT2D eigenvalue weighted by Gasteiger charge is 2.38. The largest absolute Gasteiger partial charge is 0.343 e. The van der Waals surface area contributed by atoms with Gasteiger partial charge < -0.3 is 14.7 Å². The van der Waals surface area contributed by atoms with Crippen LogP contribution in [0.15, 0.2) is 34.9 Å². The molecule has 0 bridgehead atoms. The average Bonchev–Trinajstić information content (AvgIpc) is 3.18. The van der Waals surface area contributed by atoms with Crippen molar-refractivity contribution in [1.82, 2.24) is 20.4 Å². The van der Waals surface area contributed by atoms with Gasteiger partial charge in [0.2, 0.25) is 17.7 Å². The van der Waals surface area contributed by atoms with Gasteiger partial charge >= 0.3 is 0 Å². The van der Waals surface area contributed by atoms with Crippen LogP contribution in [0.4, 0.5) is 0 Å². The molecular weight excluding hydrogens is 416 g/mol. The molecule has 2 aliphatic rings. The van der Waals surface area contributed by atoms with Gasteiger partial charge in [0.1, 0.15) is 5.54 Å². The molecule has 2 aromatic rings. The van der Waals surface area contributed by atoms with Crippen molar-refractivity contribution in [2.24, 2.45) is 5.92 Å². The molecule has 0 atom stereocenters. The highest BCUT2D eigenvalue weighted by Crippen LogP contribution is 2.34. The molecule has 2 amide bonds. The minimum Gasteiger partial charge on any atom is -0.343 e. The standard InChI is InChI=1S/C26H36N4O3/c1-20(31)28-26(15-7-2-3-8-16-26)25-27-23(33-29-25)11-12-24(32)30-17-13-22(14-18-30)19-21-9-5-4-6-10-21/h4-6,9-10,22H,2-3,7-8,11-19H2,1H3,(H,28,31). The molecule has 7 heteroatoms. The molecule has 0 unspecified atom stereocenters. The molecule has 1 aromatic heterocycles. The molecule has 4 rings (SSSR count). The van der Waals surface area contributed by atoms with Crippen molar-refractivity contribution in [2.45, 2.75) is 83.1 Å². The Morgan fingerprint density at radius 1 is 1.09 bits per heavy atom. The number of hydrogen-bond acceptors (Lipinski definition) is 5. The van der Waals surface area contributed by atoms with E-state index in [1.54, 1.807) is 0 Å². The molecule has 1 saturated heterocycles. The maximum Gasteiger partial charge on any atom is 0.227 e. The number of aromatic nitrogens is 2. The average molecular weight is 453 g/mol. The summed E-state index contributed by atoms with van der Waals surface area (Å²) < 4.78 is 5.50. The summed E-state index contributed by atoms with van der Waals surface area (Å²) >= 11 is 0. The minimum absolute atomic E-state index is 0.0749. The SMILES string of the molecule is CC(=O)NC1(c2noc(CCC(=O)N3CCC(Cc4ccccc4)CC3)n2)CCCCCC1. The van der Waals surface area contributed by atoms with E-state index in [0.717, 1.165) is 70.9 Å². The number of amides is 2. The Morgan fingerprint density at radius 3 is 2.45 bits per heavy atom. The van der Waals surface area contributed by atoms with Gasteiger partial charge in [-0.1, -0.05) is 61.2 Å². The van der Waals surface area contributed by atoms with Crippen molar-refractivity contribution in [2.75, 3.05) is 13.1 Å². The van der Waals surface area contributed by atoms with Crippen molar-refractivity contribution in [3.05, 3.63) is 47.6 Å². The molecule has 2 heterocycles. The van der Waals surface area contributed by atoms with E-state index in [9.17, 15) is 9.59 Å². The maximum atomic E-state index is 12.8. The molecule has 0 radical (unpaired) electrons. The van der Waals surface area contributed by atoms with Gasteiger partial charge in [0.15, 0.2) is 5.82 Å². The lowest BCUT2D eigenvalue weighted by Crippen LogP contribution is -2.45. The lowest BCUT2D eigenvalue weighted by atomic mass is 9.89. The van der Waals surface area contributed by atoms with E-state index in [1.165, 1.54) is 12.5 Å². The minimum atomic E-state index is -0.547. The third kappa shape index (κ3) is 6.21. The zero-order valence-electron chi connectivity index (χ0n) is 19.7. The normalized spacial score (nSPS) is 19.1. The lowest BCUT2D eigenvalue weighted by molar-refractivity contribution is -0.132. The molecule has 1 saturated carbocycles. The Kier molecular flexibility index (Phi) is 7.78. The Bertz CT molecular complexity index is 911. The van der Waals surface area contributed by atoms with Crippen LogP contribution in [0.1, 0.15) is 82.0 Å². The summed E-state index contributed by atoms with van der Waals surface area (Å²) in [6, 6.07) is 10.6. The van der Waals surface area contributed by atoms with Crippen molar-refractivity contribution in [3.63, 3.8) is 0 Å². The van der Waals surface area contributed by atoms with Gasteiger partial charge in [-0.2, -0.15) is 4.98 Å². The highest BCUT2D eigenvalue weighted by molar-refractivity contribution is 5.76. The fourth-order valence-corrected chi connectivity index (χ4v) is 5.33. The number of likely N-dealkylation sites (tertiary alicyclic amines) is 1. The molecule has 7 nitrogen and oxygen atoms in total. The molecule has 33 heavy (non-hydrogen) atoms. The highest BCUT2D eigenvalue weighted by atomic mass is 16.5. The van der Waals surface area contributed by atoms with Crippen LogP contribution in [0, 0.1) is 5.92 Å². The van der Waals surface area contributed by atoms with E-state index in [-0.39, 0.29) is 11.8 Å². The Balaban J connectivity index is 1.28. The van der Waals surface area contributed by atoms with E-state index in [4.69, 9.17) is 4.52 Å². The maximum absolute atomic E-state index is 12.8. The first-order valence-electron chi connectivity index (χ1n) is 12.5. The number of aryl methyl sites for hydroxylation is 1. The first-order chi connectivity index (χ1) is 16.0. The Labute approximate surface area is 196 Å². The van der Waals surface area contributed by atoms with Crippen molar-refractivity contribution >= 4 is 11.8 Å². The first kappa shape index (κ1) is 23.5. The monoisotopic (exact) mass is 452 g/mol. The second-order valence-electron chi connectivity index (χ2n) is 9.70. The summed E-state index contributed by atoms with van der Waals surface area (Å²) in [5, 5.41) is 7.33. The van der Waals surface area contributed by atoms with E-state index in [1.807, 2.05) is 11.0 Å². The number of piperidine rings is 1. The van der Waals surface area contributed by atoms with Crippen LogP contribution in [0.3, 0.4) is 0 Å². The van der Waals surface area contributed by atoms with E-state index in [0.29, 0.717) is 30.5 Å². The summed E-state index contributed by atoms with van der Waals surface area (Å²) in [5.74, 6) is 1.75. The van der Waals surface area contributed by atoms with Gasteiger partial charge in [0.05, 0.1) is 0 Å². The summed E-state index contributed by atoms with van der Waals surface area (Å²) in [4.78, 5) is 31.2. The van der Waals surface area contributed by atoms with Crippen LogP contribution in [0.5, 0.6) is 0 Å². The number of nitrogens with one attached hydrogen (secondary N) is 1. The van der Waals surface area contributed by atoms with Crippen molar-refractivity contribution in [3.8, 4) is 0 Å². The summed E-state index contributed by atoms with van der Waals surface area (Å²) in [6.45, 7) is 3.17. The molecule has 1 aliphatic heterocycles. The Hall–Kier alpha value is -2.70. The molecule has 0 spiro atoms. The fraction of sp³-hybridized carbons (Fsp3) is 0.615. The van der Waals surface area contributed by atoms with Crippen molar-refractivity contribution < 1.29 is 14.1 Å².